The Morgan fingerprint density at radius 2 is 1.86 bits per heavy atom. The summed E-state index contributed by atoms with van der Waals surface area (Å²) in [7, 11) is 1.59. The van der Waals surface area contributed by atoms with E-state index >= 15 is 0 Å². The van der Waals surface area contributed by atoms with E-state index in [4.69, 9.17) is 9.47 Å². The SMILES string of the molecule is CCc1ccccc1N1CC(C(=O)NCCOc2ccccc2OC)CC1=O. The van der Waals surface area contributed by atoms with Crippen molar-refractivity contribution in [3.05, 3.63) is 54.1 Å². The molecule has 2 amide bonds. The number of carbonyl (C=O) groups is 2. The largest absolute Gasteiger partial charge is 0.493 e. The van der Waals surface area contributed by atoms with E-state index in [0.29, 0.717) is 31.2 Å². The minimum absolute atomic E-state index is 0.00804. The Labute approximate surface area is 165 Å². The zero-order valence-corrected chi connectivity index (χ0v) is 16.3. The lowest BCUT2D eigenvalue weighted by molar-refractivity contribution is -0.126. The Balaban J connectivity index is 1.51. The molecule has 1 saturated heterocycles. The Morgan fingerprint density at radius 3 is 2.61 bits per heavy atom. The Bertz CT molecular complexity index is 837. The third kappa shape index (κ3) is 4.44. The van der Waals surface area contributed by atoms with Crippen LogP contribution in [0.2, 0.25) is 0 Å². The number of benzene rings is 2. The third-order valence-electron chi connectivity index (χ3n) is 4.89. The van der Waals surface area contributed by atoms with E-state index in [1.807, 2.05) is 48.5 Å². The van der Waals surface area contributed by atoms with Gasteiger partial charge in [0.2, 0.25) is 11.8 Å². The second kappa shape index (κ2) is 9.26. The summed E-state index contributed by atoms with van der Waals surface area (Å²) < 4.78 is 10.9. The average Bonchev–Trinajstić information content (AvgIpc) is 3.12. The molecular weight excluding hydrogens is 356 g/mol. The Hall–Kier alpha value is -3.02. The molecule has 0 radical (unpaired) electrons. The summed E-state index contributed by atoms with van der Waals surface area (Å²) in [5.41, 5.74) is 2.02. The van der Waals surface area contributed by atoms with Gasteiger partial charge >= 0.3 is 0 Å². The molecule has 1 aliphatic heterocycles. The predicted octanol–water partition coefficient (Wildman–Crippen LogP) is 2.81. The number of hydrogen-bond donors (Lipinski definition) is 1. The fourth-order valence-corrected chi connectivity index (χ4v) is 3.41. The van der Waals surface area contributed by atoms with Crippen molar-refractivity contribution in [1.82, 2.24) is 5.32 Å². The molecule has 0 saturated carbocycles. The van der Waals surface area contributed by atoms with Crippen LogP contribution in [0, 0.1) is 5.92 Å². The maximum Gasteiger partial charge on any atom is 0.227 e. The first kappa shape index (κ1) is 19.7. The molecular formula is C22H26N2O4. The molecule has 0 aliphatic carbocycles. The van der Waals surface area contributed by atoms with Crippen LogP contribution in [-0.4, -0.2) is 38.6 Å². The first-order chi connectivity index (χ1) is 13.6. The fourth-order valence-electron chi connectivity index (χ4n) is 3.41. The maximum absolute atomic E-state index is 12.5. The smallest absolute Gasteiger partial charge is 0.227 e. The van der Waals surface area contributed by atoms with E-state index < -0.39 is 0 Å². The van der Waals surface area contributed by atoms with Gasteiger partial charge in [-0.25, -0.2) is 0 Å². The summed E-state index contributed by atoms with van der Waals surface area (Å²) in [6.07, 6.45) is 1.08. The van der Waals surface area contributed by atoms with Gasteiger partial charge in [-0.2, -0.15) is 0 Å². The minimum atomic E-state index is -0.344. The fraction of sp³-hybridized carbons (Fsp3) is 0.364. The zero-order valence-electron chi connectivity index (χ0n) is 16.3. The van der Waals surface area contributed by atoms with Gasteiger partial charge in [0.25, 0.3) is 0 Å². The predicted molar refractivity (Wildman–Crippen MR) is 108 cm³/mol. The van der Waals surface area contributed by atoms with E-state index in [1.165, 1.54) is 0 Å². The number of amides is 2. The molecule has 1 unspecified atom stereocenters. The standard InChI is InChI=1S/C22H26N2O4/c1-3-16-8-4-5-9-18(16)24-15-17(14-21(24)25)22(26)23-12-13-28-20-11-7-6-10-19(20)27-2/h4-11,17H,3,12-15H2,1-2H3,(H,23,26). The number of nitrogens with zero attached hydrogens (tertiary/aromatic N) is 1. The average molecular weight is 382 g/mol. The summed E-state index contributed by atoms with van der Waals surface area (Å²) in [6.45, 7) is 3.17. The van der Waals surface area contributed by atoms with Crippen molar-refractivity contribution < 1.29 is 19.1 Å². The molecule has 2 aromatic rings. The van der Waals surface area contributed by atoms with Crippen molar-refractivity contribution >= 4 is 17.5 Å². The van der Waals surface area contributed by atoms with E-state index in [-0.39, 0.29) is 24.2 Å². The topological polar surface area (TPSA) is 67.9 Å². The summed E-state index contributed by atoms with van der Waals surface area (Å²) in [5, 5.41) is 2.87. The minimum Gasteiger partial charge on any atom is -0.493 e. The number of anilines is 1. The number of methoxy groups -OCH3 is 1. The number of hydrogen-bond acceptors (Lipinski definition) is 4. The van der Waals surface area contributed by atoms with Crippen LogP contribution in [0.5, 0.6) is 11.5 Å². The summed E-state index contributed by atoms with van der Waals surface area (Å²) in [5.74, 6) is 0.821. The lowest BCUT2D eigenvalue weighted by Crippen LogP contribution is -2.35. The van der Waals surface area contributed by atoms with Gasteiger partial charge in [0, 0.05) is 18.7 Å². The second-order valence-corrected chi connectivity index (χ2v) is 6.68. The Kier molecular flexibility index (Phi) is 6.53. The molecule has 1 atom stereocenters. The molecule has 0 bridgehead atoms. The van der Waals surface area contributed by atoms with E-state index in [0.717, 1.165) is 17.7 Å². The van der Waals surface area contributed by atoms with Crippen LogP contribution in [-0.2, 0) is 16.0 Å². The quantitative estimate of drug-likeness (QED) is 0.713. The van der Waals surface area contributed by atoms with Gasteiger partial charge in [-0.15, -0.1) is 0 Å². The summed E-state index contributed by atoms with van der Waals surface area (Å²) >= 11 is 0. The molecule has 0 aromatic heterocycles. The van der Waals surface area contributed by atoms with Crippen molar-refractivity contribution in [1.29, 1.82) is 0 Å². The van der Waals surface area contributed by atoms with E-state index in [1.54, 1.807) is 12.0 Å². The van der Waals surface area contributed by atoms with Crippen molar-refractivity contribution in [2.24, 2.45) is 5.92 Å². The van der Waals surface area contributed by atoms with E-state index in [2.05, 4.69) is 12.2 Å². The van der Waals surface area contributed by atoms with Crippen LogP contribution in [0.4, 0.5) is 5.69 Å². The van der Waals surface area contributed by atoms with Crippen LogP contribution in [0.1, 0.15) is 18.9 Å². The molecule has 28 heavy (non-hydrogen) atoms. The van der Waals surface area contributed by atoms with Gasteiger partial charge < -0.3 is 19.7 Å². The highest BCUT2D eigenvalue weighted by molar-refractivity contribution is 6.00. The lowest BCUT2D eigenvalue weighted by atomic mass is 10.1. The number of rotatable bonds is 8. The lowest BCUT2D eigenvalue weighted by Gasteiger charge is -2.20. The molecule has 1 N–H and O–H groups in total. The number of ether oxygens (including phenoxy) is 2. The highest BCUT2D eigenvalue weighted by Gasteiger charge is 2.35. The van der Waals surface area contributed by atoms with Gasteiger partial charge in [-0.05, 0) is 30.2 Å². The van der Waals surface area contributed by atoms with Crippen molar-refractivity contribution in [2.45, 2.75) is 19.8 Å². The van der Waals surface area contributed by atoms with Crippen LogP contribution >= 0.6 is 0 Å². The first-order valence-electron chi connectivity index (χ1n) is 9.55. The first-order valence-corrected chi connectivity index (χ1v) is 9.55. The number of aryl methyl sites for hydroxylation is 1. The van der Waals surface area contributed by atoms with Gasteiger partial charge in [0.05, 0.1) is 19.6 Å². The van der Waals surface area contributed by atoms with Crippen molar-refractivity contribution in [3.8, 4) is 11.5 Å². The van der Waals surface area contributed by atoms with Gasteiger partial charge in [-0.1, -0.05) is 37.3 Å². The number of nitrogens with one attached hydrogen (secondary N) is 1. The molecule has 3 rings (SSSR count). The van der Waals surface area contributed by atoms with Crippen LogP contribution in [0.25, 0.3) is 0 Å². The molecule has 6 nitrogen and oxygen atoms in total. The van der Waals surface area contributed by atoms with Gasteiger partial charge in [0.1, 0.15) is 6.61 Å². The van der Waals surface area contributed by atoms with Gasteiger partial charge in [-0.3, -0.25) is 9.59 Å². The Morgan fingerprint density at radius 1 is 1.14 bits per heavy atom. The highest BCUT2D eigenvalue weighted by atomic mass is 16.5. The number of para-hydroxylation sites is 3. The number of carbonyl (C=O) groups excluding carboxylic acids is 2. The molecule has 1 aliphatic rings. The zero-order chi connectivity index (χ0) is 19.9. The summed E-state index contributed by atoms with van der Waals surface area (Å²) in [4.78, 5) is 26.7. The molecule has 1 heterocycles. The van der Waals surface area contributed by atoms with Crippen molar-refractivity contribution in [2.75, 3.05) is 31.7 Å². The molecule has 6 heteroatoms. The molecule has 148 valence electrons. The maximum atomic E-state index is 12.5. The summed E-state index contributed by atoms with van der Waals surface area (Å²) in [6, 6.07) is 15.2. The van der Waals surface area contributed by atoms with Crippen molar-refractivity contribution in [3.63, 3.8) is 0 Å². The normalized spacial score (nSPS) is 16.1. The highest BCUT2D eigenvalue weighted by Crippen LogP contribution is 2.28. The van der Waals surface area contributed by atoms with Crippen LogP contribution < -0.4 is 19.7 Å². The van der Waals surface area contributed by atoms with Crippen LogP contribution in [0.15, 0.2) is 48.5 Å². The van der Waals surface area contributed by atoms with Gasteiger partial charge in [0.15, 0.2) is 11.5 Å². The molecule has 0 spiro atoms. The molecule has 1 fully saturated rings. The third-order valence-corrected chi connectivity index (χ3v) is 4.89. The monoisotopic (exact) mass is 382 g/mol. The van der Waals surface area contributed by atoms with Crippen LogP contribution in [0.3, 0.4) is 0 Å². The molecule has 2 aromatic carbocycles. The second-order valence-electron chi connectivity index (χ2n) is 6.68. The van der Waals surface area contributed by atoms with E-state index in [9.17, 15) is 9.59 Å².